The highest BCUT2D eigenvalue weighted by atomic mass is 32.1. The Balaban J connectivity index is 2.65. The number of carbonyl (C=O) groups is 1. The van der Waals surface area contributed by atoms with Crippen LogP contribution in [0.2, 0.25) is 0 Å². The first-order valence-electron chi connectivity index (χ1n) is 5.78. The maximum absolute atomic E-state index is 12.1. The van der Waals surface area contributed by atoms with Crippen molar-refractivity contribution in [2.24, 2.45) is 0 Å². The second-order valence-electron chi connectivity index (χ2n) is 4.03. The van der Waals surface area contributed by atoms with Gasteiger partial charge in [0.15, 0.2) is 5.78 Å². The number of likely N-dealkylation sites (N-methyl/N-ethyl adjacent to an activating group) is 1. The van der Waals surface area contributed by atoms with E-state index >= 15 is 0 Å². The van der Waals surface area contributed by atoms with E-state index in [1.165, 1.54) is 4.88 Å². The Labute approximate surface area is 107 Å². The highest BCUT2D eigenvalue weighted by molar-refractivity contribution is 7.12. The van der Waals surface area contributed by atoms with Crippen molar-refractivity contribution in [3.8, 4) is 6.07 Å². The number of hydrogen-bond acceptors (Lipinski definition) is 4. The molecule has 0 unspecified atom stereocenters. The minimum Gasteiger partial charge on any atom is -0.295 e. The molecule has 0 spiro atoms. The van der Waals surface area contributed by atoms with Gasteiger partial charge < -0.3 is 0 Å². The van der Waals surface area contributed by atoms with Crippen LogP contribution in [0.3, 0.4) is 0 Å². The molecule has 0 radical (unpaired) electrons. The summed E-state index contributed by atoms with van der Waals surface area (Å²) in [4.78, 5) is 16.4. The van der Waals surface area contributed by atoms with Crippen LogP contribution in [0.1, 0.15) is 33.5 Å². The summed E-state index contributed by atoms with van der Waals surface area (Å²) in [5.41, 5.74) is 0.836. The number of aryl methyl sites for hydroxylation is 2. The van der Waals surface area contributed by atoms with Crippen LogP contribution in [-0.4, -0.2) is 30.3 Å². The van der Waals surface area contributed by atoms with Crippen molar-refractivity contribution >= 4 is 17.1 Å². The van der Waals surface area contributed by atoms with Crippen LogP contribution in [0, 0.1) is 25.2 Å². The molecule has 0 saturated heterocycles. The van der Waals surface area contributed by atoms with Gasteiger partial charge in [-0.3, -0.25) is 9.69 Å². The van der Waals surface area contributed by atoms with E-state index in [9.17, 15) is 4.79 Å². The van der Waals surface area contributed by atoms with E-state index in [2.05, 4.69) is 6.07 Å². The molecule has 0 N–H and O–H groups in total. The number of hydrogen-bond donors (Lipinski definition) is 0. The summed E-state index contributed by atoms with van der Waals surface area (Å²) in [5, 5.41) is 8.55. The van der Waals surface area contributed by atoms with Crippen LogP contribution >= 0.6 is 11.3 Å². The number of ketones is 1. The van der Waals surface area contributed by atoms with E-state index in [1.54, 1.807) is 11.3 Å². The summed E-state index contributed by atoms with van der Waals surface area (Å²) in [6.07, 6.45) is 0.475. The second kappa shape index (κ2) is 6.53. The van der Waals surface area contributed by atoms with Gasteiger partial charge in [-0.25, -0.2) is 0 Å². The second-order valence-corrected chi connectivity index (χ2v) is 5.49. The van der Waals surface area contributed by atoms with Crippen molar-refractivity contribution in [1.29, 1.82) is 5.26 Å². The minimum absolute atomic E-state index is 0.159. The molecule has 17 heavy (non-hydrogen) atoms. The zero-order valence-electron chi connectivity index (χ0n) is 10.6. The first-order valence-corrected chi connectivity index (χ1v) is 6.59. The molecular weight excluding hydrogens is 232 g/mol. The average Bonchev–Trinajstić information content (AvgIpc) is 2.63. The van der Waals surface area contributed by atoms with Crippen molar-refractivity contribution in [1.82, 2.24) is 4.90 Å². The summed E-state index contributed by atoms with van der Waals surface area (Å²) < 4.78 is 0. The Morgan fingerprint density at radius 1 is 1.53 bits per heavy atom. The molecule has 1 rings (SSSR count). The van der Waals surface area contributed by atoms with Crippen LogP contribution in [0.5, 0.6) is 0 Å². The SMILES string of the molecule is CCN(CCC#N)CC(=O)c1cc(C)sc1C. The average molecular weight is 250 g/mol. The lowest BCUT2D eigenvalue weighted by Crippen LogP contribution is -2.30. The number of rotatable bonds is 6. The fourth-order valence-electron chi connectivity index (χ4n) is 1.75. The van der Waals surface area contributed by atoms with Crippen molar-refractivity contribution in [3.63, 3.8) is 0 Å². The highest BCUT2D eigenvalue weighted by Crippen LogP contribution is 2.21. The van der Waals surface area contributed by atoms with E-state index in [-0.39, 0.29) is 5.78 Å². The summed E-state index contributed by atoms with van der Waals surface area (Å²) in [5.74, 6) is 0.159. The van der Waals surface area contributed by atoms with Gasteiger partial charge in [0.1, 0.15) is 0 Å². The van der Waals surface area contributed by atoms with Gasteiger partial charge in [0.2, 0.25) is 0 Å². The van der Waals surface area contributed by atoms with Gasteiger partial charge in [0.05, 0.1) is 12.6 Å². The lowest BCUT2D eigenvalue weighted by atomic mass is 10.1. The third-order valence-electron chi connectivity index (χ3n) is 2.70. The Morgan fingerprint density at radius 3 is 2.71 bits per heavy atom. The van der Waals surface area contributed by atoms with Crippen LogP contribution in [-0.2, 0) is 0 Å². The van der Waals surface area contributed by atoms with E-state index < -0.39 is 0 Å². The fraction of sp³-hybridized carbons (Fsp3) is 0.538. The largest absolute Gasteiger partial charge is 0.295 e. The molecule has 1 aromatic heterocycles. The van der Waals surface area contributed by atoms with Crippen LogP contribution < -0.4 is 0 Å². The minimum atomic E-state index is 0.159. The molecule has 0 aliphatic carbocycles. The fourth-order valence-corrected chi connectivity index (χ4v) is 2.70. The molecule has 0 aliphatic heterocycles. The maximum atomic E-state index is 12.1. The van der Waals surface area contributed by atoms with E-state index in [4.69, 9.17) is 5.26 Å². The summed E-state index contributed by atoms with van der Waals surface area (Å²) >= 11 is 1.66. The molecule has 92 valence electrons. The van der Waals surface area contributed by atoms with E-state index in [1.807, 2.05) is 31.7 Å². The summed E-state index contributed by atoms with van der Waals surface area (Å²) in [6, 6.07) is 4.07. The third kappa shape index (κ3) is 3.95. The maximum Gasteiger partial charge on any atom is 0.177 e. The molecular formula is C13H18N2OS. The zero-order chi connectivity index (χ0) is 12.8. The van der Waals surface area contributed by atoms with Gasteiger partial charge in [-0.2, -0.15) is 5.26 Å². The third-order valence-corrected chi connectivity index (χ3v) is 3.66. The lowest BCUT2D eigenvalue weighted by Gasteiger charge is -2.17. The molecule has 0 saturated carbocycles. The number of nitriles is 1. The molecule has 3 nitrogen and oxygen atoms in total. The Hall–Kier alpha value is -1.18. The monoisotopic (exact) mass is 250 g/mol. The quantitative estimate of drug-likeness (QED) is 0.729. The number of nitrogens with zero attached hydrogens (tertiary/aromatic N) is 2. The van der Waals surface area contributed by atoms with Gasteiger partial charge in [0, 0.05) is 28.3 Å². The van der Waals surface area contributed by atoms with Crippen molar-refractivity contribution in [2.45, 2.75) is 27.2 Å². The number of thiophene rings is 1. The molecule has 0 aliphatic rings. The van der Waals surface area contributed by atoms with Gasteiger partial charge >= 0.3 is 0 Å². The first kappa shape index (κ1) is 13.9. The highest BCUT2D eigenvalue weighted by Gasteiger charge is 2.14. The van der Waals surface area contributed by atoms with Crippen molar-refractivity contribution in [3.05, 3.63) is 21.4 Å². The number of Topliss-reactive ketones (excluding diaryl/α,β-unsaturated/α-hetero) is 1. The van der Waals surface area contributed by atoms with Crippen LogP contribution in [0.4, 0.5) is 0 Å². The molecule has 0 bridgehead atoms. The molecule has 0 atom stereocenters. The van der Waals surface area contributed by atoms with Gasteiger partial charge in [-0.1, -0.05) is 6.92 Å². The van der Waals surface area contributed by atoms with E-state index in [0.29, 0.717) is 19.5 Å². The van der Waals surface area contributed by atoms with Gasteiger partial charge in [-0.15, -0.1) is 11.3 Å². The van der Waals surface area contributed by atoms with Crippen LogP contribution in [0.15, 0.2) is 6.07 Å². The molecule has 0 aromatic carbocycles. The molecule has 0 amide bonds. The van der Waals surface area contributed by atoms with Crippen LogP contribution in [0.25, 0.3) is 0 Å². The molecule has 1 heterocycles. The Kier molecular flexibility index (Phi) is 5.33. The number of carbonyl (C=O) groups excluding carboxylic acids is 1. The van der Waals surface area contributed by atoms with Gasteiger partial charge in [-0.05, 0) is 26.5 Å². The topological polar surface area (TPSA) is 44.1 Å². The smallest absolute Gasteiger partial charge is 0.177 e. The predicted molar refractivity (Wildman–Crippen MR) is 70.5 cm³/mol. The standard InChI is InChI=1S/C13H18N2OS/c1-4-15(7-5-6-14)9-13(16)12-8-10(2)17-11(12)3/h8H,4-5,7,9H2,1-3H3. The van der Waals surface area contributed by atoms with Gasteiger partial charge in [0.25, 0.3) is 0 Å². The lowest BCUT2D eigenvalue weighted by molar-refractivity contribution is 0.0935. The van der Waals surface area contributed by atoms with Crippen molar-refractivity contribution < 1.29 is 4.79 Å². The molecule has 4 heteroatoms. The van der Waals surface area contributed by atoms with Crippen molar-refractivity contribution in [2.75, 3.05) is 19.6 Å². The summed E-state index contributed by atoms with van der Waals surface area (Å²) in [7, 11) is 0. The summed E-state index contributed by atoms with van der Waals surface area (Å²) in [6.45, 7) is 7.89. The zero-order valence-corrected chi connectivity index (χ0v) is 11.4. The predicted octanol–water partition coefficient (Wildman–Crippen LogP) is 2.78. The molecule has 1 aromatic rings. The normalized spacial score (nSPS) is 10.5. The Bertz CT molecular complexity index is 431. The Morgan fingerprint density at radius 2 is 2.24 bits per heavy atom. The molecule has 0 fully saturated rings. The van der Waals surface area contributed by atoms with E-state index in [0.717, 1.165) is 17.0 Å². The first-order chi connectivity index (χ1) is 8.08.